The highest BCUT2D eigenvalue weighted by atomic mass is 16.5. The largest absolute Gasteiger partial charge is 0.462 e. The molecule has 1 aromatic rings. The van der Waals surface area contributed by atoms with E-state index in [0.717, 1.165) is 19.3 Å². The van der Waals surface area contributed by atoms with Gasteiger partial charge in [0.05, 0.1) is 6.61 Å². The second-order valence-corrected chi connectivity index (χ2v) is 6.16. The van der Waals surface area contributed by atoms with Gasteiger partial charge >= 0.3 is 5.97 Å². The van der Waals surface area contributed by atoms with E-state index < -0.39 is 5.97 Å². The molecule has 144 valence electrons. The minimum Gasteiger partial charge on any atom is -0.462 e. The molecule has 0 unspecified atom stereocenters. The van der Waals surface area contributed by atoms with E-state index in [1.807, 2.05) is 24.3 Å². The van der Waals surface area contributed by atoms with Crippen molar-refractivity contribution in [3.05, 3.63) is 54.3 Å². The van der Waals surface area contributed by atoms with Gasteiger partial charge < -0.3 is 4.74 Å². The summed E-state index contributed by atoms with van der Waals surface area (Å²) in [4.78, 5) is 25.2. The first-order chi connectivity index (χ1) is 13.1. The van der Waals surface area contributed by atoms with Gasteiger partial charge in [-0.25, -0.2) is 4.79 Å². The number of esters is 1. The molecule has 0 aliphatic carbocycles. The highest BCUT2D eigenvalue weighted by molar-refractivity contribution is 5.94. The minimum absolute atomic E-state index is 0.0891. The molecule has 0 N–H and O–H groups in total. The standard InChI is InChI=1S/C22H28N2O3/c1-3-4-5-6-7-11-17-27-22(26)20(18-23)13-12-16-24(19(2)25)21-14-9-8-10-15-21/h8-10,12-16H,3-7,11,17H2,1-2H3/b16-12+,20-13+. The summed E-state index contributed by atoms with van der Waals surface area (Å²) in [6.45, 7) is 3.93. The monoisotopic (exact) mass is 368 g/mol. The van der Waals surface area contributed by atoms with Gasteiger partial charge in [-0.1, -0.05) is 57.2 Å². The van der Waals surface area contributed by atoms with Crippen molar-refractivity contribution in [2.75, 3.05) is 11.5 Å². The minimum atomic E-state index is -0.634. The molecule has 0 spiro atoms. The molecule has 5 nitrogen and oxygen atoms in total. The zero-order chi connectivity index (χ0) is 19.9. The molecule has 0 atom stereocenters. The molecule has 0 radical (unpaired) electrons. The maximum absolute atomic E-state index is 12.0. The van der Waals surface area contributed by atoms with E-state index in [0.29, 0.717) is 12.3 Å². The molecule has 27 heavy (non-hydrogen) atoms. The average molecular weight is 368 g/mol. The van der Waals surface area contributed by atoms with Crippen LogP contribution in [-0.2, 0) is 14.3 Å². The summed E-state index contributed by atoms with van der Waals surface area (Å²) in [6, 6.07) is 11.0. The third kappa shape index (κ3) is 8.87. The zero-order valence-electron chi connectivity index (χ0n) is 16.2. The van der Waals surface area contributed by atoms with E-state index in [9.17, 15) is 9.59 Å². The molecule has 1 rings (SSSR count). The topological polar surface area (TPSA) is 70.4 Å². The number of amides is 1. The van der Waals surface area contributed by atoms with Gasteiger partial charge in [-0.3, -0.25) is 9.69 Å². The van der Waals surface area contributed by atoms with E-state index in [2.05, 4.69) is 6.92 Å². The van der Waals surface area contributed by atoms with Crippen LogP contribution in [0.5, 0.6) is 0 Å². The molecule has 1 aromatic carbocycles. The molecule has 0 fully saturated rings. The number of unbranched alkanes of at least 4 members (excludes halogenated alkanes) is 5. The lowest BCUT2D eigenvalue weighted by Gasteiger charge is -2.15. The Hall–Kier alpha value is -2.87. The summed E-state index contributed by atoms with van der Waals surface area (Å²) in [5.41, 5.74) is 0.618. The van der Waals surface area contributed by atoms with Gasteiger partial charge in [0.2, 0.25) is 5.91 Å². The summed E-state index contributed by atoms with van der Waals surface area (Å²) in [6.07, 6.45) is 11.0. The lowest BCUT2D eigenvalue weighted by molar-refractivity contribution is -0.138. The number of carbonyl (C=O) groups excluding carboxylic acids is 2. The lowest BCUT2D eigenvalue weighted by atomic mass is 10.1. The smallest absolute Gasteiger partial charge is 0.348 e. The van der Waals surface area contributed by atoms with Crippen LogP contribution in [0.3, 0.4) is 0 Å². The Morgan fingerprint density at radius 1 is 1.11 bits per heavy atom. The third-order valence-corrected chi connectivity index (χ3v) is 3.94. The van der Waals surface area contributed by atoms with Gasteiger partial charge in [-0.15, -0.1) is 0 Å². The number of hydrogen-bond acceptors (Lipinski definition) is 4. The quantitative estimate of drug-likeness (QED) is 0.183. The number of rotatable bonds is 11. The van der Waals surface area contributed by atoms with E-state index >= 15 is 0 Å². The van der Waals surface area contributed by atoms with E-state index in [1.54, 1.807) is 12.1 Å². The van der Waals surface area contributed by atoms with Gasteiger partial charge in [0, 0.05) is 18.8 Å². The molecular weight excluding hydrogens is 340 g/mol. The number of allylic oxidation sites excluding steroid dienone is 2. The van der Waals surface area contributed by atoms with E-state index in [-0.39, 0.29) is 11.5 Å². The van der Waals surface area contributed by atoms with Crippen LogP contribution in [0.25, 0.3) is 0 Å². The van der Waals surface area contributed by atoms with Crippen LogP contribution in [0.15, 0.2) is 54.3 Å². The Morgan fingerprint density at radius 2 is 1.78 bits per heavy atom. The summed E-state index contributed by atoms with van der Waals surface area (Å²) < 4.78 is 5.15. The highest BCUT2D eigenvalue weighted by Crippen LogP contribution is 2.14. The van der Waals surface area contributed by atoms with Crippen molar-refractivity contribution in [3.63, 3.8) is 0 Å². The molecule has 0 aliphatic rings. The number of nitrogens with zero attached hydrogens (tertiary/aromatic N) is 2. The predicted molar refractivity (Wildman–Crippen MR) is 107 cm³/mol. The first-order valence-electron chi connectivity index (χ1n) is 9.40. The fraction of sp³-hybridized carbons (Fsp3) is 0.409. The lowest BCUT2D eigenvalue weighted by Crippen LogP contribution is -2.21. The molecule has 0 aliphatic heterocycles. The van der Waals surface area contributed by atoms with Gasteiger partial charge in [0.25, 0.3) is 0 Å². The SMILES string of the molecule is CCCCCCCCOC(=O)/C(C#N)=C/C=C/N(C(C)=O)c1ccccc1. The van der Waals surface area contributed by atoms with Crippen LogP contribution >= 0.6 is 0 Å². The Balaban J connectivity index is 2.55. The first-order valence-corrected chi connectivity index (χ1v) is 9.40. The van der Waals surface area contributed by atoms with Crippen LogP contribution in [-0.4, -0.2) is 18.5 Å². The number of ether oxygens (including phenoxy) is 1. The number of benzene rings is 1. The third-order valence-electron chi connectivity index (χ3n) is 3.94. The maximum Gasteiger partial charge on any atom is 0.348 e. The Labute approximate surface area is 161 Å². The van der Waals surface area contributed by atoms with Crippen LogP contribution in [0.4, 0.5) is 5.69 Å². The molecule has 0 aromatic heterocycles. The van der Waals surface area contributed by atoms with Gasteiger partial charge in [0.15, 0.2) is 0 Å². The van der Waals surface area contributed by atoms with Crippen molar-refractivity contribution < 1.29 is 14.3 Å². The molecule has 5 heteroatoms. The van der Waals surface area contributed by atoms with Gasteiger partial charge in [-0.05, 0) is 30.7 Å². The van der Waals surface area contributed by atoms with Gasteiger partial charge in [-0.2, -0.15) is 5.26 Å². The van der Waals surface area contributed by atoms with E-state index in [1.165, 1.54) is 49.4 Å². The summed E-state index contributed by atoms with van der Waals surface area (Å²) in [5, 5.41) is 9.15. The number of para-hydroxylation sites is 1. The molecular formula is C22H28N2O3. The number of anilines is 1. The highest BCUT2D eigenvalue weighted by Gasteiger charge is 2.10. The second-order valence-electron chi connectivity index (χ2n) is 6.16. The fourth-order valence-electron chi connectivity index (χ4n) is 2.46. The van der Waals surface area contributed by atoms with Crippen molar-refractivity contribution in [1.82, 2.24) is 0 Å². The zero-order valence-corrected chi connectivity index (χ0v) is 16.2. The van der Waals surface area contributed by atoms with Crippen molar-refractivity contribution in [2.24, 2.45) is 0 Å². The molecule has 0 saturated heterocycles. The fourth-order valence-corrected chi connectivity index (χ4v) is 2.46. The van der Waals surface area contributed by atoms with Crippen LogP contribution in [0.1, 0.15) is 52.4 Å². The Kier molecular flexibility index (Phi) is 11.0. The van der Waals surface area contributed by atoms with Crippen molar-refractivity contribution in [3.8, 4) is 6.07 Å². The normalized spacial score (nSPS) is 11.2. The van der Waals surface area contributed by atoms with Crippen LogP contribution in [0, 0.1) is 11.3 Å². The van der Waals surface area contributed by atoms with Gasteiger partial charge in [0.1, 0.15) is 11.6 Å². The molecule has 1 amide bonds. The predicted octanol–water partition coefficient (Wildman–Crippen LogP) is 4.91. The van der Waals surface area contributed by atoms with E-state index in [4.69, 9.17) is 10.00 Å². The van der Waals surface area contributed by atoms with Crippen LogP contribution in [0.2, 0.25) is 0 Å². The Morgan fingerprint density at radius 3 is 2.41 bits per heavy atom. The number of hydrogen-bond donors (Lipinski definition) is 0. The number of nitriles is 1. The summed E-state index contributed by atoms with van der Waals surface area (Å²) in [5.74, 6) is -0.806. The summed E-state index contributed by atoms with van der Waals surface area (Å²) >= 11 is 0. The number of carbonyl (C=O) groups is 2. The average Bonchev–Trinajstić information content (AvgIpc) is 2.67. The van der Waals surface area contributed by atoms with Crippen molar-refractivity contribution in [1.29, 1.82) is 5.26 Å². The molecule has 0 saturated carbocycles. The van der Waals surface area contributed by atoms with Crippen molar-refractivity contribution in [2.45, 2.75) is 52.4 Å². The molecule has 0 bridgehead atoms. The molecule has 0 heterocycles. The Bertz CT molecular complexity index is 687. The second kappa shape index (κ2) is 13.3. The van der Waals surface area contributed by atoms with Crippen molar-refractivity contribution >= 4 is 17.6 Å². The first kappa shape index (κ1) is 22.2. The van der Waals surface area contributed by atoms with Crippen LogP contribution < -0.4 is 4.90 Å². The maximum atomic E-state index is 12.0. The summed E-state index contributed by atoms with van der Waals surface area (Å²) in [7, 11) is 0.